The number of rotatable bonds is 7. The van der Waals surface area contributed by atoms with Gasteiger partial charge < -0.3 is 4.90 Å². The third kappa shape index (κ3) is 4.39. The Labute approximate surface area is 155 Å². The molecule has 1 heterocycles. The van der Waals surface area contributed by atoms with E-state index in [0.29, 0.717) is 6.54 Å². The summed E-state index contributed by atoms with van der Waals surface area (Å²) < 4.78 is 1.91. The molecular formula is C22H25N3O. The first-order valence-corrected chi connectivity index (χ1v) is 9.02. The maximum absolute atomic E-state index is 12.9. The van der Waals surface area contributed by atoms with Gasteiger partial charge in [0.1, 0.15) is 0 Å². The van der Waals surface area contributed by atoms with Crippen molar-refractivity contribution in [1.82, 2.24) is 14.7 Å². The predicted molar refractivity (Wildman–Crippen MR) is 104 cm³/mol. The number of hydrogen-bond donors (Lipinski definition) is 0. The standard InChI is InChI=1S/C22H25N3O/c1-3-21(20-12-8-5-9-13-20)22(26)24(2)15-19-14-23-25(17-19)16-18-10-6-4-7-11-18/h4-14,17,21H,3,15-16H2,1-2H3/t21-/m0/s1. The van der Waals surface area contributed by atoms with Crippen molar-refractivity contribution >= 4 is 5.91 Å². The van der Waals surface area contributed by atoms with E-state index in [1.807, 2.05) is 72.7 Å². The molecule has 0 spiro atoms. The van der Waals surface area contributed by atoms with E-state index in [9.17, 15) is 4.79 Å². The lowest BCUT2D eigenvalue weighted by Gasteiger charge is -2.23. The van der Waals surface area contributed by atoms with Gasteiger partial charge in [-0.2, -0.15) is 5.10 Å². The molecule has 0 unspecified atom stereocenters. The molecule has 0 aliphatic carbocycles. The van der Waals surface area contributed by atoms with Crippen LogP contribution in [0.25, 0.3) is 0 Å². The molecule has 0 bridgehead atoms. The quantitative estimate of drug-likeness (QED) is 0.646. The zero-order valence-corrected chi connectivity index (χ0v) is 15.4. The summed E-state index contributed by atoms with van der Waals surface area (Å²) in [6, 6.07) is 20.2. The third-order valence-electron chi connectivity index (χ3n) is 4.58. The number of hydrogen-bond acceptors (Lipinski definition) is 2. The first-order valence-electron chi connectivity index (χ1n) is 9.02. The summed E-state index contributed by atoms with van der Waals surface area (Å²) >= 11 is 0. The largest absolute Gasteiger partial charge is 0.341 e. The summed E-state index contributed by atoms with van der Waals surface area (Å²) in [4.78, 5) is 14.7. The summed E-state index contributed by atoms with van der Waals surface area (Å²) in [6.07, 6.45) is 4.65. The number of carbonyl (C=O) groups excluding carboxylic acids is 1. The Morgan fingerprint density at radius 1 is 1.04 bits per heavy atom. The van der Waals surface area contributed by atoms with Crippen LogP contribution in [0.5, 0.6) is 0 Å². The predicted octanol–water partition coefficient (Wildman–Crippen LogP) is 4.08. The molecule has 0 aliphatic rings. The normalized spacial score (nSPS) is 11.9. The molecule has 2 aromatic carbocycles. The number of amides is 1. The van der Waals surface area contributed by atoms with Gasteiger partial charge in [-0.05, 0) is 17.5 Å². The highest BCUT2D eigenvalue weighted by atomic mass is 16.2. The zero-order valence-electron chi connectivity index (χ0n) is 15.4. The fraction of sp³-hybridized carbons (Fsp3) is 0.273. The van der Waals surface area contributed by atoms with Gasteiger partial charge in [0.15, 0.2) is 0 Å². The van der Waals surface area contributed by atoms with Crippen molar-refractivity contribution in [3.05, 3.63) is 89.7 Å². The minimum absolute atomic E-state index is 0.0967. The van der Waals surface area contributed by atoms with Crippen molar-refractivity contribution in [2.45, 2.75) is 32.4 Å². The first-order chi connectivity index (χ1) is 12.7. The summed E-state index contributed by atoms with van der Waals surface area (Å²) in [5, 5.41) is 4.43. The van der Waals surface area contributed by atoms with Gasteiger partial charge in [0.05, 0.1) is 18.7 Å². The topological polar surface area (TPSA) is 38.1 Å². The van der Waals surface area contributed by atoms with E-state index in [-0.39, 0.29) is 11.8 Å². The number of nitrogens with zero attached hydrogens (tertiary/aromatic N) is 3. The van der Waals surface area contributed by atoms with E-state index >= 15 is 0 Å². The van der Waals surface area contributed by atoms with E-state index in [0.717, 1.165) is 24.1 Å². The van der Waals surface area contributed by atoms with Crippen LogP contribution in [0.1, 0.15) is 36.0 Å². The van der Waals surface area contributed by atoms with Gasteiger partial charge in [0.25, 0.3) is 0 Å². The van der Waals surface area contributed by atoms with Gasteiger partial charge in [-0.1, -0.05) is 67.6 Å². The van der Waals surface area contributed by atoms with Gasteiger partial charge in [0.2, 0.25) is 5.91 Å². The molecule has 4 heteroatoms. The number of carbonyl (C=O) groups is 1. The molecule has 26 heavy (non-hydrogen) atoms. The van der Waals surface area contributed by atoms with Crippen molar-refractivity contribution < 1.29 is 4.79 Å². The van der Waals surface area contributed by atoms with E-state index in [1.54, 1.807) is 4.90 Å². The Kier molecular flexibility index (Phi) is 5.84. The molecule has 1 aromatic heterocycles. The molecule has 1 atom stereocenters. The van der Waals surface area contributed by atoms with Crippen molar-refractivity contribution in [2.75, 3.05) is 7.05 Å². The second-order valence-corrected chi connectivity index (χ2v) is 6.60. The minimum atomic E-state index is -0.0967. The lowest BCUT2D eigenvalue weighted by Crippen LogP contribution is -2.31. The highest BCUT2D eigenvalue weighted by Crippen LogP contribution is 2.22. The van der Waals surface area contributed by atoms with Gasteiger partial charge >= 0.3 is 0 Å². The Bertz CT molecular complexity index is 827. The van der Waals surface area contributed by atoms with Crippen molar-refractivity contribution in [2.24, 2.45) is 0 Å². The van der Waals surface area contributed by atoms with Crippen LogP contribution in [-0.2, 0) is 17.9 Å². The Morgan fingerprint density at radius 2 is 1.69 bits per heavy atom. The van der Waals surface area contributed by atoms with Crippen LogP contribution in [0.2, 0.25) is 0 Å². The first kappa shape index (κ1) is 17.9. The van der Waals surface area contributed by atoms with Crippen LogP contribution in [0.4, 0.5) is 0 Å². The summed E-state index contributed by atoms with van der Waals surface area (Å²) in [6.45, 7) is 3.36. The zero-order chi connectivity index (χ0) is 18.4. The van der Waals surface area contributed by atoms with E-state index in [2.05, 4.69) is 24.2 Å². The molecule has 3 rings (SSSR count). The van der Waals surface area contributed by atoms with Crippen LogP contribution in [0.15, 0.2) is 73.1 Å². The average molecular weight is 347 g/mol. The fourth-order valence-electron chi connectivity index (χ4n) is 3.20. The fourth-order valence-corrected chi connectivity index (χ4v) is 3.20. The van der Waals surface area contributed by atoms with Crippen molar-refractivity contribution in [1.29, 1.82) is 0 Å². The molecule has 134 valence electrons. The monoisotopic (exact) mass is 347 g/mol. The average Bonchev–Trinajstić information content (AvgIpc) is 3.10. The molecule has 3 aromatic rings. The summed E-state index contributed by atoms with van der Waals surface area (Å²) in [7, 11) is 1.86. The van der Waals surface area contributed by atoms with Crippen LogP contribution < -0.4 is 0 Å². The highest BCUT2D eigenvalue weighted by Gasteiger charge is 2.22. The lowest BCUT2D eigenvalue weighted by molar-refractivity contribution is -0.132. The Balaban J connectivity index is 1.64. The smallest absolute Gasteiger partial charge is 0.230 e. The van der Waals surface area contributed by atoms with Crippen LogP contribution in [0.3, 0.4) is 0 Å². The molecule has 0 radical (unpaired) electrons. The van der Waals surface area contributed by atoms with Crippen LogP contribution in [-0.4, -0.2) is 27.6 Å². The van der Waals surface area contributed by atoms with Gasteiger partial charge in [-0.3, -0.25) is 9.48 Å². The maximum Gasteiger partial charge on any atom is 0.230 e. The number of benzene rings is 2. The van der Waals surface area contributed by atoms with Crippen molar-refractivity contribution in [3.63, 3.8) is 0 Å². The highest BCUT2D eigenvalue weighted by molar-refractivity contribution is 5.83. The Hall–Kier alpha value is -2.88. The molecular weight excluding hydrogens is 322 g/mol. The Morgan fingerprint density at radius 3 is 2.35 bits per heavy atom. The number of aromatic nitrogens is 2. The van der Waals surface area contributed by atoms with E-state index in [4.69, 9.17) is 0 Å². The molecule has 1 amide bonds. The second-order valence-electron chi connectivity index (χ2n) is 6.60. The molecule has 0 fully saturated rings. The van der Waals surface area contributed by atoms with Crippen molar-refractivity contribution in [3.8, 4) is 0 Å². The van der Waals surface area contributed by atoms with Crippen LogP contribution in [0, 0.1) is 0 Å². The molecule has 0 saturated carbocycles. The van der Waals surface area contributed by atoms with Gasteiger partial charge in [0, 0.05) is 25.4 Å². The molecule has 0 saturated heterocycles. The second kappa shape index (κ2) is 8.48. The number of likely N-dealkylation sites (N-methyl/N-ethyl adjacent to an activating group) is 1. The maximum atomic E-state index is 12.9. The molecule has 4 nitrogen and oxygen atoms in total. The SMILES string of the molecule is CC[C@H](C(=O)N(C)Cc1cnn(Cc2ccccc2)c1)c1ccccc1. The summed E-state index contributed by atoms with van der Waals surface area (Å²) in [5.41, 5.74) is 3.33. The van der Waals surface area contributed by atoms with Gasteiger partial charge in [-0.15, -0.1) is 0 Å². The minimum Gasteiger partial charge on any atom is -0.341 e. The van der Waals surface area contributed by atoms with Gasteiger partial charge in [-0.25, -0.2) is 0 Å². The molecule has 0 N–H and O–H groups in total. The van der Waals surface area contributed by atoms with E-state index in [1.165, 1.54) is 5.56 Å². The lowest BCUT2D eigenvalue weighted by atomic mass is 9.95. The molecule has 0 aliphatic heterocycles. The van der Waals surface area contributed by atoms with Crippen LogP contribution >= 0.6 is 0 Å². The van der Waals surface area contributed by atoms with E-state index < -0.39 is 0 Å². The summed E-state index contributed by atoms with van der Waals surface area (Å²) in [5.74, 6) is 0.0510. The third-order valence-corrected chi connectivity index (χ3v) is 4.58.